The molecule has 2 aromatic rings. The van der Waals surface area contributed by atoms with E-state index in [1.165, 1.54) is 23.3 Å². The van der Waals surface area contributed by atoms with Gasteiger partial charge in [0, 0.05) is 38.4 Å². The van der Waals surface area contributed by atoms with Crippen LogP contribution in [-0.2, 0) is 0 Å². The quantitative estimate of drug-likeness (QED) is 0.785. The molecule has 1 saturated heterocycles. The van der Waals surface area contributed by atoms with Gasteiger partial charge in [0.1, 0.15) is 24.3 Å². The molecule has 1 atom stereocenters. The van der Waals surface area contributed by atoms with E-state index < -0.39 is 6.10 Å². The molecule has 1 unspecified atom stereocenters. The highest BCUT2D eigenvalue weighted by atomic mass is 19.1. The van der Waals surface area contributed by atoms with E-state index in [1.54, 1.807) is 0 Å². The van der Waals surface area contributed by atoms with E-state index in [9.17, 15) is 9.50 Å². The van der Waals surface area contributed by atoms with Crippen LogP contribution in [-0.4, -0.2) is 55.4 Å². The first-order chi connectivity index (χ1) is 13.4. The van der Waals surface area contributed by atoms with Gasteiger partial charge in [-0.1, -0.05) is 19.9 Å². The number of hydrogen-bond acceptors (Lipinski definition) is 4. The van der Waals surface area contributed by atoms with Crippen LogP contribution in [0.25, 0.3) is 0 Å². The number of β-amino-alcohol motifs (C(OH)–C–C–N with tert-alkyl or cyclic N) is 1. The molecule has 0 amide bonds. The lowest BCUT2D eigenvalue weighted by atomic mass is 9.98. The van der Waals surface area contributed by atoms with Crippen molar-refractivity contribution in [1.82, 2.24) is 4.90 Å². The van der Waals surface area contributed by atoms with E-state index in [0.717, 1.165) is 37.6 Å². The lowest BCUT2D eigenvalue weighted by Gasteiger charge is -2.36. The molecule has 0 saturated carbocycles. The Balaban J connectivity index is 1.43. The molecule has 5 heteroatoms. The third-order valence-corrected chi connectivity index (χ3v) is 5.34. The molecule has 0 aromatic heterocycles. The van der Waals surface area contributed by atoms with E-state index >= 15 is 0 Å². The van der Waals surface area contributed by atoms with Gasteiger partial charge < -0.3 is 14.7 Å². The van der Waals surface area contributed by atoms with Crippen LogP contribution in [0.3, 0.4) is 0 Å². The second-order valence-electron chi connectivity index (χ2n) is 7.90. The van der Waals surface area contributed by atoms with Crippen LogP contribution in [0.15, 0.2) is 42.5 Å². The second kappa shape index (κ2) is 9.39. The number of benzene rings is 2. The summed E-state index contributed by atoms with van der Waals surface area (Å²) in [5.41, 5.74) is 3.59. The summed E-state index contributed by atoms with van der Waals surface area (Å²) in [6.45, 7) is 10.8. The van der Waals surface area contributed by atoms with Gasteiger partial charge in [-0.25, -0.2) is 4.39 Å². The van der Waals surface area contributed by atoms with Crippen molar-refractivity contribution in [1.29, 1.82) is 0 Å². The van der Waals surface area contributed by atoms with Crippen LogP contribution in [0.2, 0.25) is 0 Å². The molecule has 4 nitrogen and oxygen atoms in total. The minimum absolute atomic E-state index is 0.209. The van der Waals surface area contributed by atoms with Crippen LogP contribution in [0.5, 0.6) is 5.75 Å². The summed E-state index contributed by atoms with van der Waals surface area (Å²) in [5.74, 6) is 1.09. The van der Waals surface area contributed by atoms with Gasteiger partial charge in [0.05, 0.1) is 0 Å². The Bertz CT molecular complexity index is 756. The number of ether oxygens (including phenoxy) is 1. The zero-order valence-electron chi connectivity index (χ0n) is 17.1. The Morgan fingerprint density at radius 3 is 2.32 bits per heavy atom. The Labute approximate surface area is 167 Å². The van der Waals surface area contributed by atoms with Gasteiger partial charge in [-0.3, -0.25) is 4.90 Å². The summed E-state index contributed by atoms with van der Waals surface area (Å²) in [7, 11) is 0. The van der Waals surface area contributed by atoms with Gasteiger partial charge >= 0.3 is 0 Å². The summed E-state index contributed by atoms with van der Waals surface area (Å²) in [6.07, 6.45) is -0.526. The number of hydrogen-bond donors (Lipinski definition) is 1. The largest absolute Gasteiger partial charge is 0.491 e. The molecule has 2 aromatic carbocycles. The first kappa shape index (κ1) is 20.6. The Morgan fingerprint density at radius 1 is 1.04 bits per heavy atom. The molecule has 3 rings (SSSR count). The number of rotatable bonds is 7. The fourth-order valence-electron chi connectivity index (χ4n) is 3.77. The molecule has 0 spiro atoms. The Morgan fingerprint density at radius 2 is 1.71 bits per heavy atom. The van der Waals surface area contributed by atoms with Crippen molar-refractivity contribution in [3.05, 3.63) is 59.4 Å². The molecule has 0 radical (unpaired) electrons. The van der Waals surface area contributed by atoms with Gasteiger partial charge in [0.25, 0.3) is 0 Å². The zero-order chi connectivity index (χ0) is 20.1. The van der Waals surface area contributed by atoms with Crippen molar-refractivity contribution < 1.29 is 14.2 Å². The fraction of sp³-hybridized carbons (Fsp3) is 0.478. The van der Waals surface area contributed by atoms with E-state index in [-0.39, 0.29) is 5.82 Å². The highest BCUT2D eigenvalue weighted by Crippen LogP contribution is 2.23. The Hall–Kier alpha value is -2.11. The monoisotopic (exact) mass is 386 g/mol. The molecular weight excluding hydrogens is 355 g/mol. The van der Waals surface area contributed by atoms with Gasteiger partial charge in [-0.2, -0.15) is 0 Å². The smallest absolute Gasteiger partial charge is 0.123 e. The number of halogens is 1. The van der Waals surface area contributed by atoms with Crippen LogP contribution in [0.4, 0.5) is 10.1 Å². The van der Waals surface area contributed by atoms with Crippen molar-refractivity contribution in [2.45, 2.75) is 32.8 Å². The molecule has 1 fully saturated rings. The second-order valence-corrected chi connectivity index (χ2v) is 7.90. The predicted octanol–water partition coefficient (Wildman–Crippen LogP) is 3.82. The molecule has 1 aliphatic rings. The van der Waals surface area contributed by atoms with Gasteiger partial charge in [0.2, 0.25) is 0 Å². The molecule has 28 heavy (non-hydrogen) atoms. The average Bonchev–Trinajstić information content (AvgIpc) is 2.67. The number of aliphatic hydroxyl groups excluding tert-OH is 1. The first-order valence-corrected chi connectivity index (χ1v) is 10.1. The van der Waals surface area contributed by atoms with Crippen LogP contribution in [0, 0.1) is 12.7 Å². The standard InChI is InChI=1S/C23H31FN2O2/c1-17(2)23-9-8-22(14-18(23)3)28-16-21(27)15-25-10-12-26(13-11-25)20-6-4-19(24)5-7-20/h4-9,14,17,21,27H,10-13,15-16H2,1-3H3. The van der Waals surface area contributed by atoms with E-state index in [2.05, 4.69) is 36.6 Å². The van der Waals surface area contributed by atoms with Gasteiger partial charge in [-0.15, -0.1) is 0 Å². The molecule has 1 aliphatic heterocycles. The number of aryl methyl sites for hydroxylation is 1. The maximum absolute atomic E-state index is 13.1. The van der Waals surface area contributed by atoms with Crippen LogP contribution in [0.1, 0.15) is 30.9 Å². The third kappa shape index (κ3) is 5.46. The van der Waals surface area contributed by atoms with Gasteiger partial charge in [-0.05, 0) is 60.4 Å². The number of piperazine rings is 1. The van der Waals surface area contributed by atoms with E-state index in [0.29, 0.717) is 19.1 Å². The number of anilines is 1. The Kier molecular flexibility index (Phi) is 6.92. The minimum Gasteiger partial charge on any atom is -0.491 e. The third-order valence-electron chi connectivity index (χ3n) is 5.34. The molecule has 0 bridgehead atoms. The van der Waals surface area contributed by atoms with Crippen molar-refractivity contribution in [3.8, 4) is 5.75 Å². The zero-order valence-corrected chi connectivity index (χ0v) is 17.1. The van der Waals surface area contributed by atoms with E-state index in [1.807, 2.05) is 24.3 Å². The normalized spacial score (nSPS) is 16.4. The van der Waals surface area contributed by atoms with Crippen molar-refractivity contribution in [2.24, 2.45) is 0 Å². The highest BCUT2D eigenvalue weighted by molar-refractivity contribution is 5.46. The van der Waals surface area contributed by atoms with E-state index in [4.69, 9.17) is 4.74 Å². The fourth-order valence-corrected chi connectivity index (χ4v) is 3.77. The van der Waals surface area contributed by atoms with Gasteiger partial charge in [0.15, 0.2) is 0 Å². The first-order valence-electron chi connectivity index (χ1n) is 10.1. The summed E-state index contributed by atoms with van der Waals surface area (Å²) in [5, 5.41) is 10.4. The van der Waals surface area contributed by atoms with Crippen molar-refractivity contribution in [3.63, 3.8) is 0 Å². The highest BCUT2D eigenvalue weighted by Gasteiger charge is 2.20. The van der Waals surface area contributed by atoms with Crippen LogP contribution >= 0.6 is 0 Å². The average molecular weight is 387 g/mol. The molecule has 1 N–H and O–H groups in total. The molecule has 0 aliphatic carbocycles. The lowest BCUT2D eigenvalue weighted by molar-refractivity contribution is 0.0663. The predicted molar refractivity (Wildman–Crippen MR) is 112 cm³/mol. The molecule has 1 heterocycles. The summed E-state index contributed by atoms with van der Waals surface area (Å²) < 4.78 is 18.9. The molecular formula is C23H31FN2O2. The topological polar surface area (TPSA) is 35.9 Å². The van der Waals surface area contributed by atoms with Crippen molar-refractivity contribution >= 4 is 5.69 Å². The summed E-state index contributed by atoms with van der Waals surface area (Å²) >= 11 is 0. The lowest BCUT2D eigenvalue weighted by Crippen LogP contribution is -2.49. The molecule has 152 valence electrons. The van der Waals surface area contributed by atoms with Crippen molar-refractivity contribution in [2.75, 3.05) is 44.2 Å². The number of aliphatic hydroxyl groups is 1. The minimum atomic E-state index is -0.526. The summed E-state index contributed by atoms with van der Waals surface area (Å²) in [6, 6.07) is 12.8. The van der Waals surface area contributed by atoms with Crippen LogP contribution < -0.4 is 9.64 Å². The number of nitrogens with zero attached hydrogens (tertiary/aromatic N) is 2. The maximum Gasteiger partial charge on any atom is 0.123 e. The summed E-state index contributed by atoms with van der Waals surface area (Å²) in [4.78, 5) is 4.50. The maximum atomic E-state index is 13.1. The SMILES string of the molecule is Cc1cc(OCC(O)CN2CCN(c3ccc(F)cc3)CC2)ccc1C(C)C.